The molecule has 27 heavy (non-hydrogen) atoms. The first-order valence-corrected chi connectivity index (χ1v) is 9.09. The molecule has 0 aliphatic heterocycles. The molecular formula is C20H15N3O3S. The third kappa shape index (κ3) is 3.37. The summed E-state index contributed by atoms with van der Waals surface area (Å²) < 4.78 is 6.89. The molecule has 2 aromatic heterocycles. The van der Waals surface area contributed by atoms with Gasteiger partial charge in [-0.25, -0.2) is 0 Å². The van der Waals surface area contributed by atoms with Gasteiger partial charge in [0.25, 0.3) is 5.56 Å². The maximum absolute atomic E-state index is 12.6. The number of carbonyl (C=O) groups is 1. The largest absolute Gasteiger partial charge is 0.427 e. The van der Waals surface area contributed by atoms with Crippen molar-refractivity contribution in [1.82, 2.24) is 14.6 Å². The van der Waals surface area contributed by atoms with E-state index in [1.165, 1.54) is 22.8 Å². The quantitative estimate of drug-likeness (QED) is 0.405. The van der Waals surface area contributed by atoms with Crippen molar-refractivity contribution in [3.05, 3.63) is 74.5 Å². The third-order valence-corrected chi connectivity index (χ3v) is 4.97. The summed E-state index contributed by atoms with van der Waals surface area (Å²) >= 11 is 1.29. The van der Waals surface area contributed by atoms with Gasteiger partial charge >= 0.3 is 5.97 Å². The zero-order valence-electron chi connectivity index (χ0n) is 14.7. The lowest BCUT2D eigenvalue weighted by molar-refractivity contribution is -0.131. The Bertz CT molecular complexity index is 1260. The number of hydrogen-bond acceptors (Lipinski definition) is 6. The maximum atomic E-state index is 12.6. The second-order valence-electron chi connectivity index (χ2n) is 6.02. The van der Waals surface area contributed by atoms with Crippen LogP contribution in [0.3, 0.4) is 0 Å². The summed E-state index contributed by atoms with van der Waals surface area (Å²) in [5.41, 5.74) is 2.60. The Hall–Kier alpha value is -3.32. The normalized spacial score (nSPS) is 11.9. The van der Waals surface area contributed by atoms with E-state index in [1.54, 1.807) is 30.3 Å². The van der Waals surface area contributed by atoms with Gasteiger partial charge in [0.2, 0.25) is 4.96 Å². The molecule has 4 aromatic rings. The molecule has 0 N–H and O–H groups in total. The highest BCUT2D eigenvalue weighted by Crippen LogP contribution is 2.20. The van der Waals surface area contributed by atoms with Crippen LogP contribution in [0.5, 0.6) is 5.75 Å². The second-order valence-corrected chi connectivity index (χ2v) is 7.03. The number of aryl methyl sites for hydroxylation is 1. The first-order valence-electron chi connectivity index (χ1n) is 8.27. The summed E-state index contributed by atoms with van der Waals surface area (Å²) in [6, 6.07) is 14.7. The second kappa shape index (κ2) is 6.77. The number of fused-ring (bicyclic) bond motifs is 1. The van der Waals surface area contributed by atoms with Crippen molar-refractivity contribution in [3.8, 4) is 17.1 Å². The van der Waals surface area contributed by atoms with Crippen LogP contribution in [0.25, 0.3) is 22.4 Å². The molecule has 0 radical (unpaired) electrons. The molecule has 0 atom stereocenters. The molecule has 4 rings (SSSR count). The monoisotopic (exact) mass is 377 g/mol. The summed E-state index contributed by atoms with van der Waals surface area (Å²) in [7, 11) is 0. The SMILES string of the molecule is CC(=O)Oc1ccc(/C=c2\sc3nc(-c4ccccc4C)nn3c2=O)cc1. The van der Waals surface area contributed by atoms with Gasteiger partial charge in [-0.1, -0.05) is 47.7 Å². The van der Waals surface area contributed by atoms with Crippen molar-refractivity contribution in [1.29, 1.82) is 0 Å². The Morgan fingerprint density at radius 1 is 1.15 bits per heavy atom. The lowest BCUT2D eigenvalue weighted by Gasteiger charge is -2.00. The van der Waals surface area contributed by atoms with Crippen molar-refractivity contribution in [2.24, 2.45) is 0 Å². The van der Waals surface area contributed by atoms with Crippen molar-refractivity contribution in [3.63, 3.8) is 0 Å². The molecule has 0 unspecified atom stereocenters. The van der Waals surface area contributed by atoms with Gasteiger partial charge in [0.15, 0.2) is 5.82 Å². The summed E-state index contributed by atoms with van der Waals surface area (Å²) in [5, 5.41) is 4.38. The number of thiazole rings is 1. The van der Waals surface area contributed by atoms with E-state index in [0.717, 1.165) is 16.7 Å². The molecule has 6 nitrogen and oxygen atoms in total. The summed E-state index contributed by atoms with van der Waals surface area (Å²) in [6.45, 7) is 3.34. The van der Waals surface area contributed by atoms with Crippen LogP contribution in [0.4, 0.5) is 0 Å². The van der Waals surface area contributed by atoms with Crippen LogP contribution in [0.1, 0.15) is 18.1 Å². The molecule has 0 bridgehead atoms. The van der Waals surface area contributed by atoms with E-state index in [0.29, 0.717) is 21.1 Å². The van der Waals surface area contributed by atoms with Crippen molar-refractivity contribution in [2.45, 2.75) is 13.8 Å². The first-order chi connectivity index (χ1) is 13.0. The fourth-order valence-electron chi connectivity index (χ4n) is 2.72. The van der Waals surface area contributed by atoms with Gasteiger partial charge in [-0.05, 0) is 36.3 Å². The Morgan fingerprint density at radius 2 is 1.89 bits per heavy atom. The molecule has 0 amide bonds. The van der Waals surface area contributed by atoms with Gasteiger partial charge in [0, 0.05) is 12.5 Å². The smallest absolute Gasteiger partial charge is 0.308 e. The van der Waals surface area contributed by atoms with Crippen LogP contribution in [0.15, 0.2) is 53.3 Å². The van der Waals surface area contributed by atoms with Gasteiger partial charge in [-0.3, -0.25) is 9.59 Å². The van der Waals surface area contributed by atoms with E-state index in [-0.39, 0.29) is 11.5 Å². The minimum Gasteiger partial charge on any atom is -0.427 e. The van der Waals surface area contributed by atoms with Crippen molar-refractivity contribution in [2.75, 3.05) is 0 Å². The fraction of sp³-hybridized carbons (Fsp3) is 0.100. The summed E-state index contributed by atoms with van der Waals surface area (Å²) in [6.07, 6.45) is 1.77. The topological polar surface area (TPSA) is 73.6 Å². The van der Waals surface area contributed by atoms with Crippen LogP contribution < -0.4 is 14.8 Å². The number of aromatic nitrogens is 3. The number of hydrogen-bond donors (Lipinski definition) is 0. The predicted octanol–water partition coefficient (Wildman–Crippen LogP) is 2.60. The molecule has 134 valence electrons. The molecule has 0 aliphatic rings. The molecule has 0 fully saturated rings. The Kier molecular flexibility index (Phi) is 4.29. The van der Waals surface area contributed by atoms with Gasteiger partial charge in [0.05, 0.1) is 4.53 Å². The number of carbonyl (C=O) groups excluding carboxylic acids is 1. The van der Waals surface area contributed by atoms with Crippen LogP contribution in [0, 0.1) is 6.92 Å². The van der Waals surface area contributed by atoms with E-state index >= 15 is 0 Å². The average Bonchev–Trinajstić information content (AvgIpc) is 3.17. The number of esters is 1. The molecule has 7 heteroatoms. The summed E-state index contributed by atoms with van der Waals surface area (Å²) in [4.78, 5) is 28.7. The predicted molar refractivity (Wildman–Crippen MR) is 104 cm³/mol. The van der Waals surface area contributed by atoms with Gasteiger partial charge in [-0.2, -0.15) is 9.50 Å². The van der Waals surface area contributed by atoms with Gasteiger partial charge < -0.3 is 4.74 Å². The number of rotatable bonds is 3. The van der Waals surface area contributed by atoms with E-state index < -0.39 is 0 Å². The number of nitrogens with zero attached hydrogens (tertiary/aromatic N) is 3. The molecule has 0 spiro atoms. The molecule has 2 heterocycles. The minimum atomic E-state index is -0.372. The zero-order valence-corrected chi connectivity index (χ0v) is 15.5. The van der Waals surface area contributed by atoms with E-state index in [2.05, 4.69) is 10.1 Å². The van der Waals surface area contributed by atoms with E-state index in [4.69, 9.17) is 4.74 Å². The average molecular weight is 377 g/mol. The van der Waals surface area contributed by atoms with Crippen molar-refractivity contribution < 1.29 is 9.53 Å². The maximum Gasteiger partial charge on any atom is 0.308 e. The van der Waals surface area contributed by atoms with Crippen LogP contribution in [-0.4, -0.2) is 20.6 Å². The first kappa shape index (κ1) is 17.1. The Labute approximate surface area is 158 Å². The van der Waals surface area contributed by atoms with E-state index in [9.17, 15) is 9.59 Å². The highest BCUT2D eigenvalue weighted by molar-refractivity contribution is 7.15. The third-order valence-electron chi connectivity index (χ3n) is 4.01. The molecule has 0 saturated carbocycles. The lowest BCUT2D eigenvalue weighted by atomic mass is 10.1. The van der Waals surface area contributed by atoms with Crippen LogP contribution in [0.2, 0.25) is 0 Å². The van der Waals surface area contributed by atoms with Crippen LogP contribution in [-0.2, 0) is 4.79 Å². The Balaban J connectivity index is 1.71. The fourth-order valence-corrected chi connectivity index (χ4v) is 3.63. The minimum absolute atomic E-state index is 0.202. The summed E-state index contributed by atoms with van der Waals surface area (Å²) in [5.74, 6) is 0.643. The Morgan fingerprint density at radius 3 is 2.56 bits per heavy atom. The standard InChI is InChI=1S/C20H15N3O3S/c1-12-5-3-4-6-16(12)18-21-20-23(22-18)19(25)17(27-20)11-14-7-9-15(10-8-14)26-13(2)24/h3-11H,1-2H3/b17-11-. The molecule has 0 aliphatic carbocycles. The van der Waals surface area contributed by atoms with E-state index in [1.807, 2.05) is 31.2 Å². The molecule has 2 aromatic carbocycles. The number of benzene rings is 2. The van der Waals surface area contributed by atoms with Gasteiger partial charge in [-0.15, -0.1) is 5.10 Å². The highest BCUT2D eigenvalue weighted by atomic mass is 32.1. The van der Waals surface area contributed by atoms with Crippen LogP contribution >= 0.6 is 11.3 Å². The zero-order chi connectivity index (χ0) is 19.0. The highest BCUT2D eigenvalue weighted by Gasteiger charge is 2.13. The number of ether oxygens (including phenoxy) is 1. The lowest BCUT2D eigenvalue weighted by Crippen LogP contribution is -2.23. The molecular weight excluding hydrogens is 362 g/mol. The van der Waals surface area contributed by atoms with Gasteiger partial charge in [0.1, 0.15) is 5.75 Å². The van der Waals surface area contributed by atoms with Crippen molar-refractivity contribution >= 4 is 28.3 Å². The molecule has 0 saturated heterocycles.